The van der Waals surface area contributed by atoms with Gasteiger partial charge in [-0.1, -0.05) is 31.2 Å². The van der Waals surface area contributed by atoms with Crippen molar-refractivity contribution in [2.24, 2.45) is 25.4 Å². The van der Waals surface area contributed by atoms with Crippen LogP contribution in [0.2, 0.25) is 0 Å². The molecule has 1 aliphatic rings. The molecule has 1 heterocycles. The fourth-order valence-corrected chi connectivity index (χ4v) is 4.14. The fraction of sp³-hybridized carbons (Fsp3) is 0.422. The zero-order valence-corrected chi connectivity index (χ0v) is 37.9. The minimum atomic E-state index is -0.870. The lowest BCUT2D eigenvalue weighted by molar-refractivity contribution is -0.139. The highest BCUT2D eigenvalue weighted by atomic mass is 16.6. The zero-order chi connectivity index (χ0) is 52.3. The number of aryl methyl sites for hydroxylation is 1. The number of fused-ring (bicyclic) bond motifs is 1. The van der Waals surface area contributed by atoms with Gasteiger partial charge in [0.05, 0.1) is 92.8 Å². The van der Waals surface area contributed by atoms with Gasteiger partial charge < -0.3 is 55.4 Å². The number of aliphatic hydroxyl groups is 7. The Hall–Kier alpha value is -7.06. The monoisotopic (exact) mass is 958 g/mol. The normalized spacial score (nSPS) is 10.6. The second-order valence-corrected chi connectivity index (χ2v) is 13.3. The van der Waals surface area contributed by atoms with Crippen LogP contribution in [-0.2, 0) is 38.2 Å². The third-order valence-electron chi connectivity index (χ3n) is 8.22. The van der Waals surface area contributed by atoms with Gasteiger partial charge in [0, 0.05) is 23.8 Å². The first-order valence-corrected chi connectivity index (χ1v) is 20.1. The van der Waals surface area contributed by atoms with Crippen molar-refractivity contribution in [2.75, 3.05) is 52.9 Å². The number of carbonyl (C=O) groups excluding carboxylic acids is 6. The standard InChI is InChI=1S/2C9H6N2O2.C8H4O3.C6H10O4.C6H14O3.C4H10O3.C3H8O2/c1-7-2-3-8(10-5-12)4-9(7)11-6-13;1-7-8(10-5-12)3-2-4-9(7)11-6-13;9-7-5-3-1-2-4-6(5)8(10)11-7;7-5(8)3-1-2-4-6(9)10;1-2-6(3-7,4-8)5-9;5-1-3-7-4-2-6;1-3(5)2-4/h2*2-4H,1H3;1-4H;1-4H2,(H,7,8)(H,9,10);7-9H,2-5H2,1H3;5-6H,1-4H2;3-5H,2H2,1H3. The van der Waals surface area contributed by atoms with Crippen LogP contribution in [0.4, 0.5) is 22.7 Å². The van der Waals surface area contributed by atoms with Gasteiger partial charge in [-0.25, -0.2) is 28.8 Å². The molecule has 0 saturated heterocycles. The molecule has 0 aromatic heterocycles. The predicted molar refractivity (Wildman–Crippen MR) is 241 cm³/mol. The lowest BCUT2D eigenvalue weighted by Crippen LogP contribution is -2.32. The highest BCUT2D eigenvalue weighted by molar-refractivity contribution is 6.14. The Kier molecular flexibility index (Phi) is 39.7. The Morgan fingerprint density at radius 3 is 1.40 bits per heavy atom. The molecule has 23 nitrogen and oxygen atoms in total. The second-order valence-electron chi connectivity index (χ2n) is 13.3. The molecule has 0 amide bonds. The molecular weight excluding hydrogens is 901 g/mol. The molecule has 0 aliphatic carbocycles. The topological polar surface area (TPSA) is 387 Å². The molecule has 3 aromatic carbocycles. The van der Waals surface area contributed by atoms with Gasteiger partial charge in [0.25, 0.3) is 0 Å². The molecule has 1 unspecified atom stereocenters. The average Bonchev–Trinajstić information content (AvgIpc) is 3.62. The fourth-order valence-electron chi connectivity index (χ4n) is 4.14. The van der Waals surface area contributed by atoms with E-state index in [4.69, 9.17) is 46.0 Å². The number of cyclic esters (lactones) is 2. The molecule has 1 atom stereocenters. The molecule has 68 heavy (non-hydrogen) atoms. The van der Waals surface area contributed by atoms with Crippen molar-refractivity contribution in [3.05, 3.63) is 82.9 Å². The SMILES string of the molecule is CC(O)CO.CCC(CO)(CO)CO.Cc1c(N=C=O)cccc1N=C=O.Cc1ccc(N=C=O)cc1N=C=O.O=C(O)CCCCC(=O)O.O=C1OC(=O)c2ccccc21.OCCOCCO. The molecule has 0 bridgehead atoms. The van der Waals surface area contributed by atoms with Crippen molar-refractivity contribution in [1.29, 1.82) is 0 Å². The van der Waals surface area contributed by atoms with Crippen LogP contribution in [-0.4, -0.2) is 153 Å². The number of nitrogens with zero attached hydrogens (tertiary/aromatic N) is 4. The van der Waals surface area contributed by atoms with Gasteiger partial charge in [-0.3, -0.25) is 9.59 Å². The summed E-state index contributed by atoms with van der Waals surface area (Å²) in [5.74, 6) is -2.84. The number of aliphatic imine (C=N–C) groups is 4. The van der Waals surface area contributed by atoms with E-state index in [-0.39, 0.29) is 52.5 Å². The number of esters is 2. The maximum atomic E-state index is 10.8. The first kappa shape index (κ1) is 65.2. The van der Waals surface area contributed by atoms with E-state index in [0.29, 0.717) is 71.9 Å². The van der Waals surface area contributed by atoms with Crippen molar-refractivity contribution >= 4 is 70.9 Å². The number of carboxylic acid groups (broad SMARTS) is 2. The van der Waals surface area contributed by atoms with Crippen molar-refractivity contribution in [1.82, 2.24) is 0 Å². The highest BCUT2D eigenvalue weighted by Crippen LogP contribution is 2.27. The highest BCUT2D eigenvalue weighted by Gasteiger charge is 2.28. The van der Waals surface area contributed by atoms with Crippen LogP contribution >= 0.6 is 0 Å². The summed E-state index contributed by atoms with van der Waals surface area (Å²) in [5.41, 5.74) is 3.36. The van der Waals surface area contributed by atoms with Crippen molar-refractivity contribution in [2.45, 2.75) is 65.9 Å². The number of isocyanates is 4. The summed E-state index contributed by atoms with van der Waals surface area (Å²) in [4.78, 5) is 95.1. The van der Waals surface area contributed by atoms with E-state index in [1.54, 1.807) is 68.4 Å². The van der Waals surface area contributed by atoms with Gasteiger partial charge in [0.1, 0.15) is 0 Å². The largest absolute Gasteiger partial charge is 0.481 e. The summed E-state index contributed by atoms with van der Waals surface area (Å²) in [7, 11) is 0. The van der Waals surface area contributed by atoms with Crippen LogP contribution in [0.1, 0.15) is 77.8 Å². The minimum Gasteiger partial charge on any atom is -0.481 e. The van der Waals surface area contributed by atoms with Crippen LogP contribution in [0.25, 0.3) is 0 Å². The van der Waals surface area contributed by atoms with Crippen LogP contribution in [0.5, 0.6) is 0 Å². The summed E-state index contributed by atoms with van der Waals surface area (Å²) in [6.45, 7) is 6.95. The minimum absolute atomic E-state index is 0.0278. The summed E-state index contributed by atoms with van der Waals surface area (Å²) < 4.78 is 8.99. The van der Waals surface area contributed by atoms with Crippen molar-refractivity contribution < 1.29 is 93.8 Å². The number of aliphatic carboxylic acids is 2. The number of rotatable bonds is 18. The molecule has 3 aromatic rings. The number of carboxylic acids is 2. The number of ether oxygens (including phenoxy) is 2. The molecule has 0 saturated carbocycles. The quantitative estimate of drug-likeness (QED) is 0.0290. The zero-order valence-electron chi connectivity index (χ0n) is 37.9. The maximum absolute atomic E-state index is 10.8. The molecular formula is C45H58N4O19. The number of carbonyl (C=O) groups is 4. The van der Waals surface area contributed by atoms with E-state index in [1.165, 1.54) is 37.3 Å². The van der Waals surface area contributed by atoms with E-state index >= 15 is 0 Å². The number of unbranched alkanes of at least 4 members (excludes halogenated alkanes) is 1. The molecule has 0 fully saturated rings. The van der Waals surface area contributed by atoms with Gasteiger partial charge in [-0.05, 0) is 82.0 Å². The van der Waals surface area contributed by atoms with E-state index in [0.717, 1.165) is 5.56 Å². The van der Waals surface area contributed by atoms with E-state index in [2.05, 4.69) is 29.4 Å². The third-order valence-corrected chi connectivity index (χ3v) is 8.22. The van der Waals surface area contributed by atoms with E-state index in [9.17, 15) is 38.4 Å². The molecule has 372 valence electrons. The summed E-state index contributed by atoms with van der Waals surface area (Å²) in [6, 6.07) is 16.3. The Morgan fingerprint density at radius 1 is 0.662 bits per heavy atom. The number of aliphatic hydroxyl groups excluding tert-OH is 7. The van der Waals surface area contributed by atoms with Crippen molar-refractivity contribution in [3.8, 4) is 0 Å². The number of hydrogen-bond acceptors (Lipinski definition) is 21. The van der Waals surface area contributed by atoms with Crippen LogP contribution in [0.15, 0.2) is 80.6 Å². The van der Waals surface area contributed by atoms with E-state index in [1.807, 2.05) is 6.92 Å². The number of hydrogen-bond donors (Lipinski definition) is 9. The Bertz CT molecular complexity index is 2020. The third kappa shape index (κ3) is 31.0. The second kappa shape index (κ2) is 41.4. The van der Waals surface area contributed by atoms with Gasteiger partial charge in [-0.15, -0.1) is 0 Å². The number of benzene rings is 3. The summed E-state index contributed by atoms with van der Waals surface area (Å²) >= 11 is 0. The first-order valence-electron chi connectivity index (χ1n) is 20.1. The molecule has 1 aliphatic heterocycles. The molecule has 0 radical (unpaired) electrons. The van der Waals surface area contributed by atoms with Gasteiger partial charge in [0.15, 0.2) is 0 Å². The predicted octanol–water partition coefficient (Wildman–Crippen LogP) is 3.28. The lowest BCUT2D eigenvalue weighted by atomic mass is 9.88. The van der Waals surface area contributed by atoms with Gasteiger partial charge >= 0.3 is 23.9 Å². The first-order chi connectivity index (χ1) is 32.4. The van der Waals surface area contributed by atoms with Crippen LogP contribution < -0.4 is 0 Å². The molecule has 9 N–H and O–H groups in total. The maximum Gasteiger partial charge on any atom is 0.346 e. The Balaban J connectivity index is -0.000000738. The smallest absolute Gasteiger partial charge is 0.346 e. The Morgan fingerprint density at radius 2 is 1.07 bits per heavy atom. The lowest BCUT2D eigenvalue weighted by Gasteiger charge is -2.24. The van der Waals surface area contributed by atoms with Crippen LogP contribution in [0, 0.1) is 19.3 Å². The summed E-state index contributed by atoms with van der Waals surface area (Å²) in [5, 5.41) is 74.4. The Labute approximate surface area is 391 Å². The van der Waals surface area contributed by atoms with Gasteiger partial charge in [-0.2, -0.15) is 20.0 Å². The average molecular weight is 959 g/mol. The summed E-state index contributed by atoms with van der Waals surface area (Å²) in [6.07, 6.45) is 6.75. The van der Waals surface area contributed by atoms with Gasteiger partial charge in [0.2, 0.25) is 24.3 Å². The molecule has 0 spiro atoms. The van der Waals surface area contributed by atoms with E-state index < -0.39 is 35.4 Å². The van der Waals surface area contributed by atoms with Crippen molar-refractivity contribution in [3.63, 3.8) is 0 Å². The van der Waals surface area contributed by atoms with Crippen LogP contribution in [0.3, 0.4) is 0 Å². The molecule has 23 heteroatoms. The molecule has 4 rings (SSSR count).